The second kappa shape index (κ2) is 10.1. The lowest BCUT2D eigenvalue weighted by molar-refractivity contribution is -0.175. The Labute approximate surface area is 231 Å². The van der Waals surface area contributed by atoms with Crippen molar-refractivity contribution in [3.63, 3.8) is 0 Å². The summed E-state index contributed by atoms with van der Waals surface area (Å²) >= 11 is 0. The van der Waals surface area contributed by atoms with Gasteiger partial charge in [0.1, 0.15) is 5.78 Å². The van der Waals surface area contributed by atoms with E-state index >= 15 is 0 Å². The SMILES string of the molecule is CC1CCCCC([C@H](O)[C@H](O)[C@@H](C)[C@H]2CC[C@H]3[C@@H]4CC(=O)[C@H]5C[C@H](O)[C@H](O)C[C@]5(C)[C@H]4CC[C@]23C)C1(C)C. The summed E-state index contributed by atoms with van der Waals surface area (Å²) in [6, 6.07) is 0. The van der Waals surface area contributed by atoms with Crippen LogP contribution in [-0.4, -0.2) is 50.6 Å². The molecule has 14 atom stereocenters. The zero-order valence-electron chi connectivity index (χ0n) is 24.9. The van der Waals surface area contributed by atoms with Crippen molar-refractivity contribution in [3.05, 3.63) is 0 Å². The third-order valence-corrected chi connectivity index (χ3v) is 14.1. The van der Waals surface area contributed by atoms with Crippen molar-refractivity contribution < 1.29 is 25.2 Å². The fraction of sp³-hybridized carbons (Fsp3) is 0.970. The van der Waals surface area contributed by atoms with Crippen LogP contribution in [0.3, 0.4) is 0 Å². The molecule has 0 aromatic carbocycles. The van der Waals surface area contributed by atoms with Crippen molar-refractivity contribution in [2.24, 2.45) is 63.6 Å². The van der Waals surface area contributed by atoms with Crippen LogP contribution in [0.4, 0.5) is 0 Å². The van der Waals surface area contributed by atoms with E-state index in [2.05, 4.69) is 41.5 Å². The molecule has 218 valence electrons. The number of Topliss-reactive ketones (excluding diaryl/α,β-unsaturated/α-hetero) is 1. The second-order valence-electron chi connectivity index (χ2n) is 15.9. The van der Waals surface area contributed by atoms with Gasteiger partial charge in [0.25, 0.3) is 0 Å². The molecule has 0 bridgehead atoms. The van der Waals surface area contributed by atoms with E-state index in [9.17, 15) is 25.2 Å². The predicted molar refractivity (Wildman–Crippen MR) is 149 cm³/mol. The number of ketones is 1. The average Bonchev–Trinajstić information content (AvgIpc) is 3.14. The van der Waals surface area contributed by atoms with E-state index < -0.39 is 24.4 Å². The van der Waals surface area contributed by atoms with Gasteiger partial charge in [-0.15, -0.1) is 0 Å². The summed E-state index contributed by atoms with van der Waals surface area (Å²) < 4.78 is 0. The molecule has 0 aliphatic heterocycles. The fourth-order valence-corrected chi connectivity index (χ4v) is 11.3. The molecule has 2 unspecified atom stereocenters. The van der Waals surface area contributed by atoms with E-state index in [-0.39, 0.29) is 34.0 Å². The lowest BCUT2D eigenvalue weighted by atomic mass is 9.44. The summed E-state index contributed by atoms with van der Waals surface area (Å²) in [5, 5.41) is 44.2. The van der Waals surface area contributed by atoms with Crippen molar-refractivity contribution in [1.29, 1.82) is 0 Å². The molecule has 0 spiro atoms. The van der Waals surface area contributed by atoms with E-state index in [4.69, 9.17) is 0 Å². The van der Waals surface area contributed by atoms with Crippen molar-refractivity contribution in [3.8, 4) is 0 Å². The van der Waals surface area contributed by atoms with Crippen LogP contribution in [-0.2, 0) is 4.79 Å². The van der Waals surface area contributed by atoms with Gasteiger partial charge in [-0.2, -0.15) is 0 Å². The number of aliphatic hydroxyl groups is 4. The first-order chi connectivity index (χ1) is 17.7. The monoisotopic (exact) mass is 532 g/mol. The number of aliphatic hydroxyl groups excluding tert-OH is 4. The molecule has 5 aliphatic rings. The highest BCUT2D eigenvalue weighted by Crippen LogP contribution is 2.68. The van der Waals surface area contributed by atoms with Crippen LogP contribution in [0.25, 0.3) is 0 Å². The maximum atomic E-state index is 13.5. The Balaban J connectivity index is 1.35. The molecule has 38 heavy (non-hydrogen) atoms. The Morgan fingerprint density at radius 2 is 1.50 bits per heavy atom. The Hall–Kier alpha value is -0.490. The summed E-state index contributed by atoms with van der Waals surface area (Å²) in [4.78, 5) is 13.5. The molecule has 0 amide bonds. The van der Waals surface area contributed by atoms with Crippen LogP contribution >= 0.6 is 0 Å². The quantitative estimate of drug-likeness (QED) is 0.365. The first-order valence-electron chi connectivity index (χ1n) is 16.0. The Bertz CT molecular complexity index is 887. The number of rotatable bonds is 4. The van der Waals surface area contributed by atoms with Crippen LogP contribution in [0.1, 0.15) is 112 Å². The van der Waals surface area contributed by atoms with Crippen LogP contribution in [0.5, 0.6) is 0 Å². The number of hydrogen-bond donors (Lipinski definition) is 4. The molecule has 5 heteroatoms. The Morgan fingerprint density at radius 1 is 0.842 bits per heavy atom. The highest BCUT2D eigenvalue weighted by Gasteiger charge is 2.64. The van der Waals surface area contributed by atoms with Crippen LogP contribution in [0, 0.1) is 63.6 Å². The minimum Gasteiger partial charge on any atom is -0.390 e. The third-order valence-electron chi connectivity index (χ3n) is 14.1. The van der Waals surface area contributed by atoms with Crippen molar-refractivity contribution in [1.82, 2.24) is 0 Å². The summed E-state index contributed by atoms with van der Waals surface area (Å²) in [7, 11) is 0. The predicted octanol–water partition coefficient (Wildman–Crippen LogP) is 5.37. The van der Waals surface area contributed by atoms with Gasteiger partial charge in [-0.25, -0.2) is 0 Å². The van der Waals surface area contributed by atoms with E-state index in [1.165, 1.54) is 12.8 Å². The second-order valence-corrected chi connectivity index (χ2v) is 15.9. The minimum atomic E-state index is -0.784. The van der Waals surface area contributed by atoms with Gasteiger partial charge >= 0.3 is 0 Å². The molecule has 5 saturated carbocycles. The van der Waals surface area contributed by atoms with Crippen molar-refractivity contribution in [2.45, 2.75) is 137 Å². The molecule has 0 radical (unpaired) electrons. The molecule has 5 nitrogen and oxygen atoms in total. The van der Waals surface area contributed by atoms with Gasteiger partial charge in [0.2, 0.25) is 0 Å². The summed E-state index contributed by atoms with van der Waals surface area (Å²) in [5.74, 6) is 2.32. The van der Waals surface area contributed by atoms with Gasteiger partial charge < -0.3 is 20.4 Å². The van der Waals surface area contributed by atoms with Gasteiger partial charge in [-0.1, -0.05) is 60.8 Å². The van der Waals surface area contributed by atoms with Crippen LogP contribution < -0.4 is 0 Å². The van der Waals surface area contributed by atoms with E-state index in [1.54, 1.807) is 0 Å². The number of hydrogen-bond acceptors (Lipinski definition) is 5. The maximum Gasteiger partial charge on any atom is 0.136 e. The highest BCUT2D eigenvalue weighted by atomic mass is 16.3. The standard InChI is InChI=1S/C33H56O5/c1-18-9-7-8-10-24(31(18,3)4)30(38)29(37)19(2)21-11-12-22-20-15-26(34)25-16-27(35)28(36)17-33(25,6)23(20)13-14-32(21,22)5/h18-25,27-30,35-38H,7-17H2,1-6H3/t18?,19-,20-,21+,22-,23-,24?,25+,27-,28+,29+,30-,32+,33+/m0/s1. The molecule has 4 N–H and O–H groups in total. The Morgan fingerprint density at radius 3 is 2.21 bits per heavy atom. The zero-order valence-corrected chi connectivity index (χ0v) is 24.9. The Kier molecular flexibility index (Phi) is 7.71. The number of fused-ring (bicyclic) bond motifs is 5. The molecule has 0 saturated heterocycles. The lowest BCUT2D eigenvalue weighted by Gasteiger charge is -2.61. The smallest absolute Gasteiger partial charge is 0.136 e. The molecule has 0 aromatic rings. The number of carbonyl (C=O) groups is 1. The normalized spacial score (nSPS) is 51.2. The van der Waals surface area contributed by atoms with Gasteiger partial charge in [0, 0.05) is 12.3 Å². The maximum absolute atomic E-state index is 13.5. The highest BCUT2D eigenvalue weighted by molar-refractivity contribution is 5.83. The lowest BCUT2D eigenvalue weighted by Crippen LogP contribution is -2.59. The molecule has 0 heterocycles. The largest absolute Gasteiger partial charge is 0.390 e. The van der Waals surface area contributed by atoms with Crippen molar-refractivity contribution >= 4 is 5.78 Å². The first kappa shape index (κ1) is 29.0. The summed E-state index contributed by atoms with van der Waals surface area (Å²) in [6.45, 7) is 13.7. The topological polar surface area (TPSA) is 98.0 Å². The van der Waals surface area contributed by atoms with Gasteiger partial charge in [0.15, 0.2) is 0 Å². The number of carbonyl (C=O) groups excluding carboxylic acids is 1. The van der Waals surface area contributed by atoms with Crippen molar-refractivity contribution in [2.75, 3.05) is 0 Å². The summed E-state index contributed by atoms with van der Waals surface area (Å²) in [6.07, 6.45) is 7.36. The molecule has 5 fully saturated rings. The molecule has 5 rings (SSSR count). The molecule has 5 aliphatic carbocycles. The van der Waals surface area contributed by atoms with E-state index in [0.717, 1.165) is 38.5 Å². The van der Waals surface area contributed by atoms with Gasteiger partial charge in [-0.05, 0) is 103 Å². The van der Waals surface area contributed by atoms with E-state index in [1.807, 2.05) is 0 Å². The van der Waals surface area contributed by atoms with Crippen LogP contribution in [0.2, 0.25) is 0 Å². The molecular weight excluding hydrogens is 476 g/mol. The minimum absolute atomic E-state index is 0.00335. The fourth-order valence-electron chi connectivity index (χ4n) is 11.3. The first-order valence-corrected chi connectivity index (χ1v) is 16.0. The third kappa shape index (κ3) is 4.36. The van der Waals surface area contributed by atoms with Gasteiger partial charge in [0.05, 0.1) is 24.4 Å². The molecular formula is C33H56O5. The molecule has 0 aromatic heterocycles. The average molecular weight is 533 g/mol. The zero-order chi connectivity index (χ0) is 27.8. The van der Waals surface area contributed by atoms with E-state index in [0.29, 0.717) is 54.6 Å². The van der Waals surface area contributed by atoms with Crippen LogP contribution in [0.15, 0.2) is 0 Å². The van der Waals surface area contributed by atoms with Gasteiger partial charge in [-0.3, -0.25) is 4.79 Å². The summed E-state index contributed by atoms with van der Waals surface area (Å²) in [5.41, 5.74) is -0.172.